The molecular formula is C21H21N3O2. The summed E-state index contributed by atoms with van der Waals surface area (Å²) in [4.78, 5) is 26.6. The number of amides is 2. The minimum absolute atomic E-state index is 0.0278. The second-order valence-corrected chi connectivity index (χ2v) is 6.71. The molecule has 1 heterocycles. The Labute approximate surface area is 153 Å². The van der Waals surface area contributed by atoms with Crippen molar-refractivity contribution < 1.29 is 9.59 Å². The summed E-state index contributed by atoms with van der Waals surface area (Å²) in [6.45, 7) is 4.29. The van der Waals surface area contributed by atoms with E-state index in [4.69, 9.17) is 5.26 Å². The zero-order valence-electron chi connectivity index (χ0n) is 14.9. The first kappa shape index (κ1) is 17.7. The molecule has 2 atom stereocenters. The maximum absolute atomic E-state index is 12.6. The highest BCUT2D eigenvalue weighted by Gasteiger charge is 2.35. The van der Waals surface area contributed by atoms with Crippen molar-refractivity contribution in [3.63, 3.8) is 0 Å². The first-order valence-electron chi connectivity index (χ1n) is 8.65. The fourth-order valence-corrected chi connectivity index (χ4v) is 3.12. The first-order valence-corrected chi connectivity index (χ1v) is 8.65. The Morgan fingerprint density at radius 1 is 1.19 bits per heavy atom. The van der Waals surface area contributed by atoms with Gasteiger partial charge in [0.2, 0.25) is 11.8 Å². The van der Waals surface area contributed by atoms with E-state index in [1.165, 1.54) is 0 Å². The Bertz CT molecular complexity index is 850. The molecule has 1 aliphatic heterocycles. The van der Waals surface area contributed by atoms with Gasteiger partial charge < -0.3 is 10.2 Å². The van der Waals surface area contributed by atoms with Crippen LogP contribution in [-0.2, 0) is 9.59 Å². The molecule has 0 aliphatic carbocycles. The van der Waals surface area contributed by atoms with Gasteiger partial charge in [0.1, 0.15) is 0 Å². The quantitative estimate of drug-likeness (QED) is 0.923. The van der Waals surface area contributed by atoms with Crippen LogP contribution >= 0.6 is 0 Å². The van der Waals surface area contributed by atoms with Gasteiger partial charge >= 0.3 is 0 Å². The summed E-state index contributed by atoms with van der Waals surface area (Å²) in [5.41, 5.74) is 3.47. The fourth-order valence-electron chi connectivity index (χ4n) is 3.12. The molecule has 5 heteroatoms. The highest BCUT2D eigenvalue weighted by molar-refractivity contribution is 6.00. The average molecular weight is 347 g/mol. The van der Waals surface area contributed by atoms with Crippen LogP contribution in [0.3, 0.4) is 0 Å². The van der Waals surface area contributed by atoms with Crippen LogP contribution in [0.25, 0.3) is 0 Å². The molecule has 0 bridgehead atoms. The van der Waals surface area contributed by atoms with Gasteiger partial charge in [0.15, 0.2) is 0 Å². The van der Waals surface area contributed by atoms with Gasteiger partial charge in [-0.25, -0.2) is 0 Å². The van der Waals surface area contributed by atoms with Gasteiger partial charge in [-0.1, -0.05) is 29.8 Å². The summed E-state index contributed by atoms with van der Waals surface area (Å²) in [6, 6.07) is 16.8. The summed E-state index contributed by atoms with van der Waals surface area (Å²) in [5, 5.41) is 11.8. The topological polar surface area (TPSA) is 73.2 Å². The molecule has 1 saturated heterocycles. The van der Waals surface area contributed by atoms with Crippen molar-refractivity contribution in [3.05, 3.63) is 65.2 Å². The molecule has 2 aromatic carbocycles. The van der Waals surface area contributed by atoms with Crippen molar-refractivity contribution in [1.29, 1.82) is 5.26 Å². The van der Waals surface area contributed by atoms with Crippen LogP contribution in [0, 0.1) is 24.2 Å². The van der Waals surface area contributed by atoms with Crippen molar-refractivity contribution in [2.75, 3.05) is 11.4 Å². The van der Waals surface area contributed by atoms with E-state index in [1.807, 2.05) is 50.2 Å². The number of benzene rings is 2. The summed E-state index contributed by atoms with van der Waals surface area (Å²) in [6.07, 6.45) is 0.222. The maximum Gasteiger partial charge on any atom is 0.227 e. The van der Waals surface area contributed by atoms with Gasteiger partial charge in [-0.15, -0.1) is 0 Å². The predicted octanol–water partition coefficient (Wildman–Crippen LogP) is 3.10. The van der Waals surface area contributed by atoms with Crippen molar-refractivity contribution in [2.45, 2.75) is 26.3 Å². The number of rotatable bonds is 4. The summed E-state index contributed by atoms with van der Waals surface area (Å²) >= 11 is 0. The number of hydrogen-bond donors (Lipinski definition) is 1. The standard InChI is InChI=1S/C21H21N3O2/c1-14-3-9-19(10-4-14)24-13-18(11-20(24)25)21(26)23-15(2)17-7-5-16(12-22)6-8-17/h3-10,15,18H,11,13H2,1-2H3,(H,23,26). The Morgan fingerprint density at radius 2 is 1.85 bits per heavy atom. The van der Waals surface area contributed by atoms with E-state index in [0.29, 0.717) is 12.1 Å². The summed E-state index contributed by atoms with van der Waals surface area (Å²) < 4.78 is 0. The van der Waals surface area contributed by atoms with E-state index in [2.05, 4.69) is 11.4 Å². The van der Waals surface area contributed by atoms with Crippen LogP contribution in [0.4, 0.5) is 5.69 Å². The fraction of sp³-hybridized carbons (Fsp3) is 0.286. The smallest absolute Gasteiger partial charge is 0.227 e. The lowest BCUT2D eigenvalue weighted by molar-refractivity contribution is -0.126. The van der Waals surface area contributed by atoms with Crippen molar-refractivity contribution >= 4 is 17.5 Å². The van der Waals surface area contributed by atoms with Gasteiger partial charge in [-0.05, 0) is 43.7 Å². The zero-order chi connectivity index (χ0) is 18.7. The van der Waals surface area contributed by atoms with Gasteiger partial charge in [-0.2, -0.15) is 5.26 Å². The van der Waals surface area contributed by atoms with Crippen LogP contribution in [0.2, 0.25) is 0 Å². The van der Waals surface area contributed by atoms with Crippen LogP contribution in [0.5, 0.6) is 0 Å². The third-order valence-electron chi connectivity index (χ3n) is 4.74. The van der Waals surface area contributed by atoms with Crippen LogP contribution in [0.15, 0.2) is 48.5 Å². The molecule has 2 aromatic rings. The minimum Gasteiger partial charge on any atom is -0.349 e. The largest absolute Gasteiger partial charge is 0.349 e. The molecule has 1 N–H and O–H groups in total. The molecule has 3 rings (SSSR count). The maximum atomic E-state index is 12.6. The van der Waals surface area contributed by atoms with Crippen molar-refractivity contribution in [2.24, 2.45) is 5.92 Å². The average Bonchev–Trinajstić information content (AvgIpc) is 3.04. The molecule has 26 heavy (non-hydrogen) atoms. The van der Waals surface area contributed by atoms with E-state index in [1.54, 1.807) is 17.0 Å². The van der Waals surface area contributed by atoms with Gasteiger partial charge in [0.05, 0.1) is 23.6 Å². The number of carbonyl (C=O) groups excluding carboxylic acids is 2. The lowest BCUT2D eigenvalue weighted by atomic mass is 10.0. The van der Waals surface area contributed by atoms with Gasteiger partial charge in [0.25, 0.3) is 0 Å². The van der Waals surface area contributed by atoms with Crippen LogP contribution < -0.4 is 10.2 Å². The van der Waals surface area contributed by atoms with E-state index >= 15 is 0 Å². The second-order valence-electron chi connectivity index (χ2n) is 6.71. The lowest BCUT2D eigenvalue weighted by Gasteiger charge is -2.19. The van der Waals surface area contributed by atoms with Gasteiger partial charge in [0, 0.05) is 18.7 Å². The lowest BCUT2D eigenvalue weighted by Crippen LogP contribution is -2.34. The van der Waals surface area contributed by atoms with E-state index < -0.39 is 0 Å². The molecule has 2 amide bonds. The summed E-state index contributed by atoms with van der Waals surface area (Å²) in [5.74, 6) is -0.505. The molecule has 0 spiro atoms. The Hall–Kier alpha value is -3.13. The van der Waals surface area contributed by atoms with E-state index in [9.17, 15) is 9.59 Å². The Morgan fingerprint density at radius 3 is 2.46 bits per heavy atom. The van der Waals surface area contributed by atoms with E-state index in [0.717, 1.165) is 16.8 Å². The van der Waals surface area contributed by atoms with Crippen molar-refractivity contribution in [1.82, 2.24) is 5.32 Å². The highest BCUT2D eigenvalue weighted by atomic mass is 16.2. The van der Waals surface area contributed by atoms with Crippen molar-refractivity contribution in [3.8, 4) is 6.07 Å². The molecule has 1 aliphatic rings. The Balaban J connectivity index is 1.64. The zero-order valence-corrected chi connectivity index (χ0v) is 14.9. The number of hydrogen-bond acceptors (Lipinski definition) is 3. The van der Waals surface area contributed by atoms with Gasteiger partial charge in [-0.3, -0.25) is 9.59 Å². The normalized spacial score (nSPS) is 17.7. The highest BCUT2D eigenvalue weighted by Crippen LogP contribution is 2.26. The number of nitrogens with one attached hydrogen (secondary N) is 1. The molecule has 0 aromatic heterocycles. The third-order valence-corrected chi connectivity index (χ3v) is 4.74. The molecule has 1 fully saturated rings. The molecule has 5 nitrogen and oxygen atoms in total. The minimum atomic E-state index is -0.357. The molecule has 2 unspecified atom stereocenters. The monoisotopic (exact) mass is 347 g/mol. The molecule has 132 valence electrons. The SMILES string of the molecule is Cc1ccc(N2CC(C(=O)NC(C)c3ccc(C#N)cc3)CC2=O)cc1. The number of aryl methyl sites for hydroxylation is 1. The molecule has 0 radical (unpaired) electrons. The number of anilines is 1. The number of carbonyl (C=O) groups is 2. The van der Waals surface area contributed by atoms with Crippen LogP contribution in [0.1, 0.15) is 36.1 Å². The number of nitrogens with zero attached hydrogens (tertiary/aromatic N) is 2. The number of nitriles is 1. The Kier molecular flexibility index (Phi) is 5.04. The first-order chi connectivity index (χ1) is 12.5. The molecule has 0 saturated carbocycles. The third kappa shape index (κ3) is 3.75. The molecular weight excluding hydrogens is 326 g/mol. The predicted molar refractivity (Wildman–Crippen MR) is 99.4 cm³/mol. The summed E-state index contributed by atoms with van der Waals surface area (Å²) in [7, 11) is 0. The van der Waals surface area contributed by atoms with E-state index in [-0.39, 0.29) is 30.2 Å². The van der Waals surface area contributed by atoms with Crippen LogP contribution in [-0.4, -0.2) is 18.4 Å². The second kappa shape index (κ2) is 7.40.